The minimum Gasteiger partial charge on any atom is -0.392 e. The lowest BCUT2D eigenvalue weighted by molar-refractivity contribution is 0.0999. The maximum absolute atomic E-state index is 13.6. The van der Waals surface area contributed by atoms with E-state index in [2.05, 4.69) is 18.4 Å². The van der Waals surface area contributed by atoms with E-state index in [9.17, 15) is 22.7 Å². The summed E-state index contributed by atoms with van der Waals surface area (Å²) in [5, 5.41) is 12.1. The Labute approximate surface area is 228 Å². The number of fused-ring (bicyclic) bond motifs is 1. The topological polar surface area (TPSA) is 116 Å². The molecule has 1 heterocycles. The average molecular weight is 553 g/mol. The second-order valence-electron chi connectivity index (χ2n) is 10.5. The lowest BCUT2D eigenvalue weighted by Crippen LogP contribution is -2.41. The Morgan fingerprint density at radius 1 is 1.23 bits per heavy atom. The van der Waals surface area contributed by atoms with Gasteiger partial charge >= 0.3 is 0 Å². The number of nitrogens with zero attached hydrogens (tertiary/aromatic N) is 2. The van der Waals surface area contributed by atoms with Gasteiger partial charge in [-0.15, -0.1) is 0 Å². The van der Waals surface area contributed by atoms with Crippen molar-refractivity contribution in [3.63, 3.8) is 0 Å². The number of hydrogen-bond acceptors (Lipinski definition) is 6. The van der Waals surface area contributed by atoms with Gasteiger partial charge in [-0.3, -0.25) is 9.80 Å². The maximum atomic E-state index is 13.6. The highest BCUT2D eigenvalue weighted by Crippen LogP contribution is 2.48. The molecule has 0 spiro atoms. The normalized spacial score (nSPS) is 21.3. The summed E-state index contributed by atoms with van der Waals surface area (Å²) in [6.07, 6.45) is 4.83. The van der Waals surface area contributed by atoms with Crippen LogP contribution in [0.5, 0.6) is 0 Å². The summed E-state index contributed by atoms with van der Waals surface area (Å²) in [4.78, 5) is 11.9. The van der Waals surface area contributed by atoms with E-state index in [1.807, 2.05) is 11.2 Å². The molecule has 3 atom stereocenters. The minimum atomic E-state index is -3.87. The molecule has 0 bridgehead atoms. The highest BCUT2D eigenvalue weighted by atomic mass is 32.2. The molecule has 0 saturated heterocycles. The molecule has 1 aliphatic heterocycles. The number of aliphatic hydroxyl groups is 1. The second kappa shape index (κ2) is 10.6. The van der Waals surface area contributed by atoms with Crippen molar-refractivity contribution in [2.45, 2.75) is 38.5 Å². The zero-order valence-electron chi connectivity index (χ0n) is 22.0. The number of hydrazine groups is 1. The van der Waals surface area contributed by atoms with E-state index in [1.165, 1.54) is 33.7 Å². The van der Waals surface area contributed by atoms with Gasteiger partial charge in [-0.25, -0.2) is 12.8 Å². The first-order valence-corrected chi connectivity index (χ1v) is 14.7. The first-order valence-electron chi connectivity index (χ1n) is 13.1. The van der Waals surface area contributed by atoms with Crippen LogP contribution in [0.2, 0.25) is 0 Å². The van der Waals surface area contributed by atoms with E-state index in [-0.39, 0.29) is 42.1 Å². The molecule has 39 heavy (non-hydrogen) atoms. The first kappa shape index (κ1) is 27.1. The van der Waals surface area contributed by atoms with E-state index in [0.717, 1.165) is 29.8 Å². The largest absolute Gasteiger partial charge is 0.392 e. The zero-order chi connectivity index (χ0) is 27.9. The molecule has 2 aliphatic carbocycles. The molecule has 5 rings (SSSR count). The van der Waals surface area contributed by atoms with Crippen molar-refractivity contribution in [3.05, 3.63) is 100 Å². The fraction of sp³-hybridized carbons (Fsp3) is 0.345. The number of hydrogen-bond donors (Lipinski definition) is 3. The van der Waals surface area contributed by atoms with Crippen LogP contribution in [0, 0.1) is 17.7 Å². The Bertz CT molecular complexity index is 1480. The number of nitrogens with one attached hydrogen (secondary N) is 1. The van der Waals surface area contributed by atoms with E-state index in [4.69, 9.17) is 5.73 Å². The number of carbonyl (C=O) groups excluding carboxylic acids is 1. The Morgan fingerprint density at radius 2 is 1.95 bits per heavy atom. The Balaban J connectivity index is 1.41. The van der Waals surface area contributed by atoms with Crippen molar-refractivity contribution in [3.8, 4) is 0 Å². The van der Waals surface area contributed by atoms with Crippen LogP contribution in [-0.4, -0.2) is 42.9 Å². The monoisotopic (exact) mass is 552 g/mol. The molecule has 10 heteroatoms. The number of anilines is 1. The molecule has 0 saturated carbocycles. The molecule has 3 aliphatic rings. The van der Waals surface area contributed by atoms with E-state index < -0.39 is 22.0 Å². The highest BCUT2D eigenvalue weighted by Gasteiger charge is 2.40. The molecule has 1 amide bonds. The minimum absolute atomic E-state index is 0.0199. The summed E-state index contributed by atoms with van der Waals surface area (Å²) < 4.78 is 42.1. The summed E-state index contributed by atoms with van der Waals surface area (Å²) in [6, 6.07) is 12.7. The first-order chi connectivity index (χ1) is 18.5. The number of amides is 1. The van der Waals surface area contributed by atoms with Crippen LogP contribution < -0.4 is 16.2 Å². The fourth-order valence-electron chi connectivity index (χ4n) is 5.92. The number of aliphatic hydroxyl groups excluding tert-OH is 1. The van der Waals surface area contributed by atoms with Crippen molar-refractivity contribution in [1.29, 1.82) is 0 Å². The molecular weight excluding hydrogens is 519 g/mol. The third-order valence-electron chi connectivity index (χ3n) is 7.69. The van der Waals surface area contributed by atoms with Crippen molar-refractivity contribution >= 4 is 21.6 Å². The van der Waals surface area contributed by atoms with E-state index >= 15 is 0 Å². The molecule has 206 valence electrons. The van der Waals surface area contributed by atoms with Gasteiger partial charge in [0.1, 0.15) is 5.82 Å². The van der Waals surface area contributed by atoms with Crippen LogP contribution in [0.25, 0.3) is 0 Å². The van der Waals surface area contributed by atoms with E-state index in [1.54, 1.807) is 37.3 Å². The van der Waals surface area contributed by atoms with Crippen molar-refractivity contribution in [2.24, 2.45) is 17.6 Å². The highest BCUT2D eigenvalue weighted by molar-refractivity contribution is 7.88. The number of carbonyl (C=O) groups is 1. The summed E-state index contributed by atoms with van der Waals surface area (Å²) in [5.41, 5.74) is 14.6. The predicted molar refractivity (Wildman–Crippen MR) is 148 cm³/mol. The van der Waals surface area contributed by atoms with Crippen LogP contribution in [0.1, 0.15) is 42.6 Å². The second-order valence-corrected chi connectivity index (χ2v) is 12.4. The molecule has 0 radical (unpaired) electrons. The number of allylic oxidation sites excluding steroid dienone is 3. The van der Waals surface area contributed by atoms with Gasteiger partial charge in [0.25, 0.3) is 0 Å². The zero-order valence-corrected chi connectivity index (χ0v) is 22.8. The predicted octanol–water partition coefficient (Wildman–Crippen LogP) is 3.59. The smallest absolute Gasteiger partial charge is 0.249 e. The Hall–Kier alpha value is -3.47. The molecular formula is C29H33FN4O4S. The molecule has 8 nitrogen and oxygen atoms in total. The van der Waals surface area contributed by atoms with Gasteiger partial charge < -0.3 is 16.3 Å². The van der Waals surface area contributed by atoms with Crippen molar-refractivity contribution in [1.82, 2.24) is 9.73 Å². The Morgan fingerprint density at radius 3 is 2.64 bits per heavy atom. The summed E-state index contributed by atoms with van der Waals surface area (Å²) in [7, 11) is -3.87. The molecule has 0 fully saturated rings. The molecule has 4 N–H and O–H groups in total. The van der Waals surface area contributed by atoms with Gasteiger partial charge in [0, 0.05) is 36.3 Å². The summed E-state index contributed by atoms with van der Waals surface area (Å²) in [6.45, 7) is 3.88. The number of nitrogens with two attached hydrogens (primary N) is 1. The van der Waals surface area contributed by atoms with Crippen LogP contribution >= 0.6 is 0 Å². The van der Waals surface area contributed by atoms with Gasteiger partial charge in [0.2, 0.25) is 15.9 Å². The molecule has 0 unspecified atom stereocenters. The number of rotatable bonds is 9. The number of primary amides is 1. The van der Waals surface area contributed by atoms with Gasteiger partial charge in [-0.2, -0.15) is 4.31 Å². The summed E-state index contributed by atoms with van der Waals surface area (Å²) in [5.74, 6) is -1.32. The number of halogens is 1. The number of sulfonamides is 1. The average Bonchev–Trinajstić information content (AvgIpc) is 3.49. The van der Waals surface area contributed by atoms with Gasteiger partial charge in [0.05, 0.1) is 23.2 Å². The maximum Gasteiger partial charge on any atom is 0.249 e. The van der Waals surface area contributed by atoms with Crippen LogP contribution in [-0.2, 0) is 15.8 Å². The van der Waals surface area contributed by atoms with Crippen molar-refractivity contribution in [2.75, 3.05) is 18.1 Å². The lowest BCUT2D eigenvalue weighted by Gasteiger charge is -2.32. The third-order valence-corrected chi connectivity index (χ3v) is 9.45. The van der Waals surface area contributed by atoms with Gasteiger partial charge in [-0.1, -0.05) is 30.7 Å². The van der Waals surface area contributed by atoms with Gasteiger partial charge in [0.15, 0.2) is 0 Å². The van der Waals surface area contributed by atoms with Crippen LogP contribution in [0.4, 0.5) is 10.1 Å². The lowest BCUT2D eigenvalue weighted by atomic mass is 9.80. The fourth-order valence-corrected chi connectivity index (χ4v) is 7.60. The standard InChI is InChI=1S/C29H33FN4O4S/c1-18(35)15-33(39(37,38)17-22-5-3-4-6-25(22)29(31)36)16-21-8-7-20-13-27-26(19(2)28(20)21)14-32-34(27)24-11-9-23(30)10-12-24/h3-6,9-14,18-19,21,32,35H,7-8,15-17H2,1-2H3,(H2,31,36)/t18-,19+,21-/m1/s1. The third kappa shape index (κ3) is 5.36. The van der Waals surface area contributed by atoms with E-state index in [0.29, 0.717) is 5.56 Å². The number of benzene rings is 2. The quantitative estimate of drug-likeness (QED) is 0.438. The Kier molecular flexibility index (Phi) is 7.37. The van der Waals surface area contributed by atoms with Crippen molar-refractivity contribution < 1.29 is 22.7 Å². The molecule has 2 aromatic carbocycles. The molecule has 0 aromatic heterocycles. The molecule has 2 aromatic rings. The van der Waals surface area contributed by atoms with Crippen LogP contribution in [0.15, 0.2) is 83.2 Å². The SMILES string of the molecule is C[C@H]1C2=CNN(c3ccc(F)cc3)C2=CC2=C1[C@@H](CN(C[C@@H](C)O)S(=O)(=O)Cc1ccccc1C(N)=O)CC2. The summed E-state index contributed by atoms with van der Waals surface area (Å²) >= 11 is 0. The van der Waals surface area contributed by atoms with Crippen LogP contribution in [0.3, 0.4) is 0 Å². The van der Waals surface area contributed by atoms with Gasteiger partial charge in [-0.05, 0) is 73.2 Å².